The van der Waals surface area contributed by atoms with E-state index >= 15 is 0 Å². The summed E-state index contributed by atoms with van der Waals surface area (Å²) in [4.78, 5) is 14.7. The molecule has 1 fully saturated rings. The SMILES string of the molecule is C[C@@H]1Cc2ccccc2N1CCCNC(=O)C1CCN(S(C)(=O)=O)CC1. The lowest BCUT2D eigenvalue weighted by Gasteiger charge is -2.29. The number of rotatable bonds is 6. The van der Waals surface area contributed by atoms with Crippen molar-refractivity contribution >= 4 is 21.6 Å². The molecule has 1 N–H and O–H groups in total. The fourth-order valence-electron chi connectivity index (χ4n) is 4.03. The van der Waals surface area contributed by atoms with Gasteiger partial charge in [0.15, 0.2) is 0 Å². The fourth-order valence-corrected chi connectivity index (χ4v) is 4.90. The third-order valence-electron chi connectivity index (χ3n) is 5.52. The number of nitrogens with one attached hydrogen (secondary N) is 1. The van der Waals surface area contributed by atoms with Crippen molar-refractivity contribution in [3.05, 3.63) is 29.8 Å². The van der Waals surface area contributed by atoms with E-state index in [0.29, 0.717) is 38.5 Å². The Morgan fingerprint density at radius 2 is 1.92 bits per heavy atom. The number of piperidine rings is 1. The second kappa shape index (κ2) is 7.96. The van der Waals surface area contributed by atoms with Crippen molar-refractivity contribution in [3.63, 3.8) is 0 Å². The van der Waals surface area contributed by atoms with E-state index in [2.05, 4.69) is 41.4 Å². The third-order valence-corrected chi connectivity index (χ3v) is 6.82. The van der Waals surface area contributed by atoms with Gasteiger partial charge in [-0.25, -0.2) is 12.7 Å². The van der Waals surface area contributed by atoms with Crippen molar-refractivity contribution in [3.8, 4) is 0 Å². The highest BCUT2D eigenvalue weighted by Crippen LogP contribution is 2.31. The van der Waals surface area contributed by atoms with Crippen LogP contribution < -0.4 is 10.2 Å². The predicted molar refractivity (Wildman–Crippen MR) is 104 cm³/mol. The van der Waals surface area contributed by atoms with Gasteiger partial charge < -0.3 is 10.2 Å². The standard InChI is InChI=1S/C19H29N3O3S/c1-15-14-17-6-3-4-7-18(17)22(15)11-5-10-20-19(23)16-8-12-21(13-9-16)26(2,24)25/h3-4,6-7,15-16H,5,8-14H2,1-2H3,(H,20,23)/t15-/m1/s1. The van der Waals surface area contributed by atoms with Crippen LogP contribution >= 0.6 is 0 Å². The summed E-state index contributed by atoms with van der Waals surface area (Å²) in [6.45, 7) is 4.73. The zero-order valence-electron chi connectivity index (χ0n) is 15.6. The number of fused-ring (bicyclic) bond motifs is 1. The molecule has 1 amide bonds. The molecule has 2 heterocycles. The molecule has 0 aromatic heterocycles. The van der Waals surface area contributed by atoms with Crippen molar-refractivity contribution in [2.45, 2.75) is 38.6 Å². The molecular weight excluding hydrogens is 350 g/mol. The van der Waals surface area contributed by atoms with Crippen LogP contribution in [0.2, 0.25) is 0 Å². The molecular formula is C19H29N3O3S. The first-order valence-electron chi connectivity index (χ1n) is 9.43. The van der Waals surface area contributed by atoms with Crippen LogP contribution in [0.1, 0.15) is 31.7 Å². The molecule has 0 spiro atoms. The summed E-state index contributed by atoms with van der Waals surface area (Å²) in [5.41, 5.74) is 2.72. The van der Waals surface area contributed by atoms with Crippen LogP contribution in [0.3, 0.4) is 0 Å². The second-order valence-electron chi connectivity index (χ2n) is 7.46. The van der Waals surface area contributed by atoms with Crippen LogP contribution in [-0.2, 0) is 21.2 Å². The summed E-state index contributed by atoms with van der Waals surface area (Å²) in [5.74, 6) is -0.00698. The van der Waals surface area contributed by atoms with Gasteiger partial charge in [0.05, 0.1) is 6.26 Å². The molecule has 1 aromatic carbocycles. The molecule has 3 rings (SSSR count). The smallest absolute Gasteiger partial charge is 0.223 e. The van der Waals surface area contributed by atoms with E-state index in [1.54, 1.807) is 0 Å². The number of nitrogens with zero attached hydrogens (tertiary/aromatic N) is 2. The van der Waals surface area contributed by atoms with Crippen molar-refractivity contribution in [2.75, 3.05) is 37.3 Å². The molecule has 2 aliphatic heterocycles. The van der Waals surface area contributed by atoms with Crippen LogP contribution in [0.25, 0.3) is 0 Å². The van der Waals surface area contributed by atoms with Crippen molar-refractivity contribution in [1.82, 2.24) is 9.62 Å². The van der Waals surface area contributed by atoms with E-state index in [4.69, 9.17) is 0 Å². The number of carbonyl (C=O) groups excluding carboxylic acids is 1. The van der Waals surface area contributed by atoms with E-state index in [9.17, 15) is 13.2 Å². The Morgan fingerprint density at radius 3 is 2.62 bits per heavy atom. The molecule has 0 saturated carbocycles. The summed E-state index contributed by atoms with van der Waals surface area (Å²) >= 11 is 0. The molecule has 0 radical (unpaired) electrons. The maximum atomic E-state index is 12.3. The van der Waals surface area contributed by atoms with Gasteiger partial charge in [-0.15, -0.1) is 0 Å². The van der Waals surface area contributed by atoms with Gasteiger partial charge in [-0.3, -0.25) is 4.79 Å². The number of anilines is 1. The molecule has 7 heteroatoms. The second-order valence-corrected chi connectivity index (χ2v) is 9.44. The molecule has 0 unspecified atom stereocenters. The van der Waals surface area contributed by atoms with Crippen LogP contribution in [0, 0.1) is 5.92 Å². The lowest BCUT2D eigenvalue weighted by molar-refractivity contribution is -0.126. The van der Waals surface area contributed by atoms with E-state index in [1.165, 1.54) is 21.8 Å². The Hall–Kier alpha value is -1.60. The van der Waals surface area contributed by atoms with Crippen molar-refractivity contribution in [2.24, 2.45) is 5.92 Å². The first-order valence-corrected chi connectivity index (χ1v) is 11.3. The van der Waals surface area contributed by atoms with Crippen molar-refractivity contribution in [1.29, 1.82) is 0 Å². The lowest BCUT2D eigenvalue weighted by Crippen LogP contribution is -2.43. The summed E-state index contributed by atoms with van der Waals surface area (Å²) in [5, 5.41) is 3.04. The first kappa shape index (κ1) is 19.2. The maximum Gasteiger partial charge on any atom is 0.223 e. The highest BCUT2D eigenvalue weighted by atomic mass is 32.2. The van der Waals surface area contributed by atoms with Crippen LogP contribution in [0.4, 0.5) is 5.69 Å². The summed E-state index contributed by atoms with van der Waals surface area (Å²) in [6.07, 6.45) is 4.43. The minimum atomic E-state index is -3.14. The van der Waals surface area contributed by atoms with Crippen LogP contribution in [0.15, 0.2) is 24.3 Å². The Kier molecular flexibility index (Phi) is 5.87. The van der Waals surface area contributed by atoms with Crippen LogP contribution in [-0.4, -0.2) is 57.1 Å². The Labute approximate surface area is 156 Å². The number of amides is 1. The highest BCUT2D eigenvalue weighted by Gasteiger charge is 2.29. The summed E-state index contributed by atoms with van der Waals surface area (Å²) < 4.78 is 24.5. The average molecular weight is 380 g/mol. The van der Waals surface area contributed by atoms with E-state index in [1.807, 2.05) is 0 Å². The van der Waals surface area contributed by atoms with Gasteiger partial charge in [0.1, 0.15) is 0 Å². The number of para-hydroxylation sites is 1. The number of hydrogen-bond donors (Lipinski definition) is 1. The zero-order chi connectivity index (χ0) is 18.7. The molecule has 2 aliphatic rings. The summed E-state index contributed by atoms with van der Waals surface area (Å²) in [6, 6.07) is 9.03. The molecule has 1 atom stereocenters. The van der Waals surface area contributed by atoms with E-state index in [-0.39, 0.29) is 11.8 Å². The van der Waals surface area contributed by atoms with Gasteiger partial charge in [0.25, 0.3) is 0 Å². The highest BCUT2D eigenvalue weighted by molar-refractivity contribution is 7.88. The first-order chi connectivity index (χ1) is 12.4. The lowest BCUT2D eigenvalue weighted by atomic mass is 9.97. The monoisotopic (exact) mass is 379 g/mol. The number of benzene rings is 1. The minimum absolute atomic E-state index is 0.0630. The molecule has 1 saturated heterocycles. The minimum Gasteiger partial charge on any atom is -0.368 e. The average Bonchev–Trinajstić information content (AvgIpc) is 2.93. The largest absolute Gasteiger partial charge is 0.368 e. The van der Waals surface area contributed by atoms with E-state index in [0.717, 1.165) is 19.4 Å². The third kappa shape index (κ3) is 4.38. The molecule has 144 valence electrons. The van der Waals surface area contributed by atoms with Crippen LogP contribution in [0.5, 0.6) is 0 Å². The molecule has 26 heavy (non-hydrogen) atoms. The van der Waals surface area contributed by atoms with Gasteiger partial charge >= 0.3 is 0 Å². The predicted octanol–water partition coefficient (Wildman–Crippen LogP) is 1.62. The molecule has 0 bridgehead atoms. The normalized spacial score (nSPS) is 21.6. The van der Waals surface area contributed by atoms with Gasteiger partial charge in [0, 0.05) is 43.8 Å². The van der Waals surface area contributed by atoms with Crippen molar-refractivity contribution < 1.29 is 13.2 Å². The van der Waals surface area contributed by atoms with Gasteiger partial charge in [-0.05, 0) is 44.2 Å². The van der Waals surface area contributed by atoms with Gasteiger partial charge in [-0.1, -0.05) is 18.2 Å². The Morgan fingerprint density at radius 1 is 1.23 bits per heavy atom. The Bertz CT molecular complexity index is 742. The summed E-state index contributed by atoms with van der Waals surface area (Å²) in [7, 11) is -3.14. The van der Waals surface area contributed by atoms with E-state index < -0.39 is 10.0 Å². The fraction of sp³-hybridized carbons (Fsp3) is 0.632. The number of sulfonamides is 1. The molecule has 6 nitrogen and oxygen atoms in total. The quantitative estimate of drug-likeness (QED) is 0.763. The number of hydrogen-bond acceptors (Lipinski definition) is 4. The molecule has 1 aromatic rings. The Balaban J connectivity index is 1.40. The number of carbonyl (C=O) groups is 1. The zero-order valence-corrected chi connectivity index (χ0v) is 16.5. The topological polar surface area (TPSA) is 69.7 Å². The maximum absolute atomic E-state index is 12.3. The van der Waals surface area contributed by atoms with Gasteiger partial charge in [-0.2, -0.15) is 0 Å². The molecule has 0 aliphatic carbocycles. The van der Waals surface area contributed by atoms with Gasteiger partial charge in [0.2, 0.25) is 15.9 Å².